The van der Waals surface area contributed by atoms with Crippen LogP contribution in [0.2, 0.25) is 0 Å². The molecule has 0 radical (unpaired) electrons. The number of likely N-dealkylation sites (N-methyl/N-ethyl adjacent to an activating group) is 1. The second-order valence-corrected chi connectivity index (χ2v) is 7.58. The molecule has 1 N–H and O–H groups in total. The molecule has 3 rings (SSSR count). The minimum Gasteiger partial charge on any atom is -0.345 e. The lowest BCUT2D eigenvalue weighted by Gasteiger charge is -2.49. The number of hydrogen-bond donors (Lipinski definition) is 1. The zero-order valence-corrected chi connectivity index (χ0v) is 15.3. The topological polar surface area (TPSA) is 52.7 Å². The summed E-state index contributed by atoms with van der Waals surface area (Å²) in [4.78, 5) is 28.7. The van der Waals surface area contributed by atoms with E-state index in [9.17, 15) is 9.59 Å². The maximum atomic E-state index is 12.7. The number of carbonyl (C=O) groups excluding carboxylic acids is 2. The van der Waals surface area contributed by atoms with Gasteiger partial charge in [0.1, 0.15) is 0 Å². The molecule has 2 aliphatic heterocycles. The molecular weight excluding hydrogens is 314 g/mol. The van der Waals surface area contributed by atoms with Crippen LogP contribution in [0.15, 0.2) is 30.3 Å². The van der Waals surface area contributed by atoms with Crippen molar-refractivity contribution < 1.29 is 9.59 Å². The minimum absolute atomic E-state index is 0.0524. The van der Waals surface area contributed by atoms with Gasteiger partial charge in [0.2, 0.25) is 5.91 Å². The van der Waals surface area contributed by atoms with E-state index in [0.29, 0.717) is 0 Å². The standard InChI is InChI=1S/C20H29N3O2/c1-3-11-21-19(25)23-12-9-20(10-13-23)14-17(18(24)22(2)15-20)16-7-5-4-6-8-16/h4-8,17H,3,9-15H2,1-2H3,(H,21,25)/t17-/m1/s1. The molecule has 136 valence electrons. The zero-order valence-electron chi connectivity index (χ0n) is 15.3. The van der Waals surface area contributed by atoms with Crippen molar-refractivity contribution >= 4 is 11.9 Å². The van der Waals surface area contributed by atoms with Gasteiger partial charge in [0.15, 0.2) is 0 Å². The normalized spacial score (nSPS) is 23.0. The molecule has 2 heterocycles. The first-order chi connectivity index (χ1) is 12.0. The van der Waals surface area contributed by atoms with Gasteiger partial charge in [0.05, 0.1) is 5.92 Å². The smallest absolute Gasteiger partial charge is 0.317 e. The Morgan fingerprint density at radius 3 is 2.56 bits per heavy atom. The Hall–Kier alpha value is -2.04. The molecule has 2 fully saturated rings. The third-order valence-electron chi connectivity index (χ3n) is 5.72. The van der Waals surface area contributed by atoms with Crippen molar-refractivity contribution in [3.63, 3.8) is 0 Å². The largest absolute Gasteiger partial charge is 0.345 e. The maximum Gasteiger partial charge on any atom is 0.317 e. The summed E-state index contributed by atoms with van der Waals surface area (Å²) in [7, 11) is 1.92. The fourth-order valence-electron chi connectivity index (χ4n) is 4.27. The predicted molar refractivity (Wildman–Crippen MR) is 98.4 cm³/mol. The van der Waals surface area contributed by atoms with E-state index in [-0.39, 0.29) is 23.3 Å². The number of benzene rings is 1. The molecule has 0 aliphatic carbocycles. The first-order valence-corrected chi connectivity index (χ1v) is 9.37. The molecule has 2 aliphatic rings. The van der Waals surface area contributed by atoms with Gasteiger partial charge in [-0.15, -0.1) is 0 Å². The van der Waals surface area contributed by atoms with Crippen molar-refractivity contribution in [2.45, 2.75) is 38.5 Å². The van der Waals surface area contributed by atoms with Crippen LogP contribution in [0.4, 0.5) is 4.79 Å². The Balaban J connectivity index is 1.68. The second kappa shape index (κ2) is 7.46. The lowest BCUT2D eigenvalue weighted by atomic mass is 9.68. The van der Waals surface area contributed by atoms with Gasteiger partial charge in [-0.3, -0.25) is 4.79 Å². The fraction of sp³-hybridized carbons (Fsp3) is 0.600. The Bertz CT molecular complexity index is 609. The Morgan fingerprint density at radius 1 is 1.24 bits per heavy atom. The lowest BCUT2D eigenvalue weighted by molar-refractivity contribution is -0.139. The summed E-state index contributed by atoms with van der Waals surface area (Å²) in [5.41, 5.74) is 1.24. The van der Waals surface area contributed by atoms with Gasteiger partial charge >= 0.3 is 6.03 Å². The van der Waals surface area contributed by atoms with E-state index >= 15 is 0 Å². The molecule has 0 unspecified atom stereocenters. The number of likely N-dealkylation sites (tertiary alicyclic amines) is 2. The van der Waals surface area contributed by atoms with E-state index in [0.717, 1.165) is 57.4 Å². The summed E-state index contributed by atoms with van der Waals surface area (Å²) in [6.07, 6.45) is 3.78. The van der Waals surface area contributed by atoms with Crippen LogP contribution in [-0.2, 0) is 4.79 Å². The summed E-state index contributed by atoms with van der Waals surface area (Å²) in [5, 5.41) is 2.97. The van der Waals surface area contributed by atoms with Crippen LogP contribution in [-0.4, -0.2) is 55.0 Å². The van der Waals surface area contributed by atoms with Gasteiger partial charge in [-0.2, -0.15) is 0 Å². The van der Waals surface area contributed by atoms with Gasteiger partial charge in [0, 0.05) is 33.2 Å². The van der Waals surface area contributed by atoms with Crippen LogP contribution in [0.3, 0.4) is 0 Å². The number of nitrogens with zero attached hydrogens (tertiary/aromatic N) is 2. The van der Waals surface area contributed by atoms with E-state index in [1.54, 1.807) is 0 Å². The molecule has 0 aromatic heterocycles. The van der Waals surface area contributed by atoms with Crippen LogP contribution >= 0.6 is 0 Å². The molecule has 3 amide bonds. The first kappa shape index (κ1) is 17.8. The molecule has 1 atom stereocenters. The molecule has 1 aromatic rings. The molecule has 1 aromatic carbocycles. The Kier molecular flexibility index (Phi) is 5.30. The van der Waals surface area contributed by atoms with Crippen molar-refractivity contribution in [3.8, 4) is 0 Å². The molecule has 5 nitrogen and oxygen atoms in total. The Labute approximate surface area is 150 Å². The molecule has 0 saturated carbocycles. The quantitative estimate of drug-likeness (QED) is 0.917. The summed E-state index contributed by atoms with van der Waals surface area (Å²) >= 11 is 0. The number of urea groups is 1. The molecule has 25 heavy (non-hydrogen) atoms. The third kappa shape index (κ3) is 3.80. The van der Waals surface area contributed by atoms with E-state index in [4.69, 9.17) is 0 Å². The SMILES string of the molecule is CCCNC(=O)N1CCC2(CC1)C[C@H](c1ccccc1)C(=O)N(C)C2. The summed E-state index contributed by atoms with van der Waals surface area (Å²) in [6, 6.07) is 10.2. The van der Waals surface area contributed by atoms with Crippen LogP contribution in [0.5, 0.6) is 0 Å². The van der Waals surface area contributed by atoms with Crippen LogP contribution in [0.1, 0.15) is 44.1 Å². The maximum absolute atomic E-state index is 12.7. The number of amides is 3. The minimum atomic E-state index is -0.0552. The lowest BCUT2D eigenvalue weighted by Crippen LogP contribution is -2.54. The average molecular weight is 343 g/mol. The highest BCUT2D eigenvalue weighted by Crippen LogP contribution is 2.45. The number of nitrogens with one attached hydrogen (secondary N) is 1. The van der Waals surface area contributed by atoms with Gasteiger partial charge in [-0.1, -0.05) is 37.3 Å². The highest BCUT2D eigenvalue weighted by Gasteiger charge is 2.45. The molecule has 0 bridgehead atoms. The van der Waals surface area contributed by atoms with Crippen LogP contribution in [0.25, 0.3) is 0 Å². The molecule has 2 saturated heterocycles. The van der Waals surface area contributed by atoms with E-state index < -0.39 is 0 Å². The molecule has 1 spiro atoms. The van der Waals surface area contributed by atoms with Crippen LogP contribution < -0.4 is 5.32 Å². The number of carbonyl (C=O) groups is 2. The first-order valence-electron chi connectivity index (χ1n) is 9.37. The average Bonchev–Trinajstić information content (AvgIpc) is 2.64. The molecule has 5 heteroatoms. The van der Waals surface area contributed by atoms with Gasteiger partial charge in [-0.25, -0.2) is 4.79 Å². The summed E-state index contributed by atoms with van der Waals surface area (Å²) in [6.45, 7) is 5.15. The van der Waals surface area contributed by atoms with Crippen molar-refractivity contribution in [3.05, 3.63) is 35.9 Å². The van der Waals surface area contributed by atoms with Gasteiger partial charge in [0.25, 0.3) is 0 Å². The van der Waals surface area contributed by atoms with Crippen molar-refractivity contribution in [1.29, 1.82) is 0 Å². The van der Waals surface area contributed by atoms with Crippen LogP contribution in [0, 0.1) is 5.41 Å². The number of hydrogen-bond acceptors (Lipinski definition) is 2. The summed E-state index contributed by atoms with van der Waals surface area (Å²) in [5.74, 6) is 0.167. The van der Waals surface area contributed by atoms with Crippen molar-refractivity contribution in [2.24, 2.45) is 5.41 Å². The number of piperidine rings is 2. The number of rotatable bonds is 3. The third-order valence-corrected chi connectivity index (χ3v) is 5.72. The molecular formula is C20H29N3O2. The predicted octanol–water partition coefficient (Wildman–Crippen LogP) is 2.83. The van der Waals surface area contributed by atoms with Crippen molar-refractivity contribution in [1.82, 2.24) is 15.1 Å². The summed E-state index contributed by atoms with van der Waals surface area (Å²) < 4.78 is 0. The van der Waals surface area contributed by atoms with E-state index in [1.807, 2.05) is 35.0 Å². The van der Waals surface area contributed by atoms with E-state index in [2.05, 4.69) is 24.4 Å². The van der Waals surface area contributed by atoms with E-state index in [1.165, 1.54) is 0 Å². The highest BCUT2D eigenvalue weighted by atomic mass is 16.2. The van der Waals surface area contributed by atoms with Gasteiger partial charge < -0.3 is 15.1 Å². The zero-order chi connectivity index (χ0) is 17.9. The van der Waals surface area contributed by atoms with Crippen molar-refractivity contribution in [2.75, 3.05) is 33.2 Å². The second-order valence-electron chi connectivity index (χ2n) is 7.58. The monoisotopic (exact) mass is 343 g/mol. The Morgan fingerprint density at radius 2 is 1.92 bits per heavy atom. The highest BCUT2D eigenvalue weighted by molar-refractivity contribution is 5.84. The van der Waals surface area contributed by atoms with Gasteiger partial charge in [-0.05, 0) is 36.7 Å². The fourth-order valence-corrected chi connectivity index (χ4v) is 4.27.